The minimum atomic E-state index is 0. The summed E-state index contributed by atoms with van der Waals surface area (Å²) in [4.78, 5) is 0. The number of halogens is 1. The van der Waals surface area contributed by atoms with Crippen molar-refractivity contribution < 1.29 is 5.11 Å². The second kappa shape index (κ2) is 4.61. The first-order valence-corrected chi connectivity index (χ1v) is 4.33. The van der Waals surface area contributed by atoms with Crippen LogP contribution < -0.4 is 5.32 Å². The Morgan fingerprint density at radius 2 is 2.23 bits per heavy atom. The second-order valence-corrected chi connectivity index (χ2v) is 3.14. The van der Waals surface area contributed by atoms with Crippen LogP contribution in [0.3, 0.4) is 0 Å². The summed E-state index contributed by atoms with van der Waals surface area (Å²) in [5.74, 6) is 0. The summed E-state index contributed by atoms with van der Waals surface area (Å²) >= 11 is 0. The molecule has 72 valence electrons. The van der Waals surface area contributed by atoms with Crippen molar-refractivity contribution in [1.29, 1.82) is 0 Å². The summed E-state index contributed by atoms with van der Waals surface area (Å²) in [6.45, 7) is 2.12. The van der Waals surface area contributed by atoms with Crippen molar-refractivity contribution in [2.45, 2.75) is 19.6 Å². The normalized spacial score (nSPS) is 14.5. The monoisotopic (exact) mass is 199 g/mol. The van der Waals surface area contributed by atoms with Gasteiger partial charge in [-0.2, -0.15) is 0 Å². The van der Waals surface area contributed by atoms with E-state index in [0.29, 0.717) is 0 Å². The first kappa shape index (κ1) is 10.5. The lowest BCUT2D eigenvalue weighted by Gasteiger charge is -2.19. The van der Waals surface area contributed by atoms with Crippen molar-refractivity contribution in [3.63, 3.8) is 0 Å². The van der Waals surface area contributed by atoms with Crippen LogP contribution in [0.15, 0.2) is 18.2 Å². The molecule has 0 aliphatic carbocycles. The highest BCUT2D eigenvalue weighted by Gasteiger charge is 2.10. The molecule has 1 aromatic carbocycles. The maximum Gasteiger partial charge on any atom is 0.0685 e. The van der Waals surface area contributed by atoms with E-state index in [-0.39, 0.29) is 19.0 Å². The van der Waals surface area contributed by atoms with Gasteiger partial charge in [0.25, 0.3) is 0 Å². The molecule has 0 fully saturated rings. The maximum absolute atomic E-state index is 9.07. The molecule has 0 spiro atoms. The van der Waals surface area contributed by atoms with Crippen LogP contribution in [0, 0.1) is 0 Å². The van der Waals surface area contributed by atoms with E-state index in [0.717, 1.165) is 25.1 Å². The zero-order valence-electron chi connectivity index (χ0n) is 7.42. The number of rotatable bonds is 1. The zero-order chi connectivity index (χ0) is 8.39. The smallest absolute Gasteiger partial charge is 0.0685 e. The Balaban J connectivity index is 0.000000845. The van der Waals surface area contributed by atoms with E-state index in [4.69, 9.17) is 5.11 Å². The highest BCUT2D eigenvalue weighted by atomic mass is 35.5. The summed E-state index contributed by atoms with van der Waals surface area (Å²) in [7, 11) is 0. The predicted octanol–water partition coefficient (Wildman–Crippen LogP) is 1.25. The fourth-order valence-corrected chi connectivity index (χ4v) is 1.73. The topological polar surface area (TPSA) is 32.3 Å². The summed E-state index contributed by atoms with van der Waals surface area (Å²) < 4.78 is 0. The van der Waals surface area contributed by atoms with E-state index in [2.05, 4.69) is 11.4 Å². The third-order valence-electron chi connectivity index (χ3n) is 2.41. The molecule has 0 bridgehead atoms. The summed E-state index contributed by atoms with van der Waals surface area (Å²) in [6, 6.07) is 6.16. The molecule has 0 unspecified atom stereocenters. The summed E-state index contributed by atoms with van der Waals surface area (Å²) in [5.41, 5.74) is 3.76. The van der Waals surface area contributed by atoms with Gasteiger partial charge in [-0.25, -0.2) is 0 Å². The average Bonchev–Trinajstić information content (AvgIpc) is 2.17. The largest absolute Gasteiger partial charge is 0.392 e. The molecule has 3 heteroatoms. The summed E-state index contributed by atoms with van der Waals surface area (Å²) in [6.07, 6.45) is 1.09. The third kappa shape index (κ3) is 2.02. The van der Waals surface area contributed by atoms with Gasteiger partial charge in [0.2, 0.25) is 0 Å². The quantitative estimate of drug-likeness (QED) is 0.714. The lowest BCUT2D eigenvalue weighted by molar-refractivity contribution is 0.280. The van der Waals surface area contributed by atoms with Gasteiger partial charge in [0.05, 0.1) is 6.61 Å². The van der Waals surface area contributed by atoms with Crippen molar-refractivity contribution in [2.24, 2.45) is 0 Å². The van der Waals surface area contributed by atoms with Crippen LogP contribution in [0.2, 0.25) is 0 Å². The van der Waals surface area contributed by atoms with Gasteiger partial charge in [-0.05, 0) is 29.7 Å². The van der Waals surface area contributed by atoms with E-state index >= 15 is 0 Å². The zero-order valence-corrected chi connectivity index (χ0v) is 8.23. The Morgan fingerprint density at radius 1 is 1.38 bits per heavy atom. The fraction of sp³-hybridized carbons (Fsp3) is 0.400. The minimum absolute atomic E-state index is 0. The molecule has 0 aromatic heterocycles. The van der Waals surface area contributed by atoms with Gasteiger partial charge < -0.3 is 10.4 Å². The van der Waals surface area contributed by atoms with E-state index in [1.807, 2.05) is 12.1 Å². The Hall–Kier alpha value is -0.570. The van der Waals surface area contributed by atoms with Gasteiger partial charge in [-0.15, -0.1) is 12.4 Å². The Kier molecular flexibility index (Phi) is 3.72. The number of aliphatic hydroxyl groups excluding tert-OH is 1. The van der Waals surface area contributed by atoms with Crippen LogP contribution in [0.25, 0.3) is 0 Å². The van der Waals surface area contributed by atoms with Gasteiger partial charge in [-0.1, -0.05) is 18.2 Å². The minimum Gasteiger partial charge on any atom is -0.392 e. The SMILES string of the molecule is Cl.OCc1cccc2c1CNCC2. The Morgan fingerprint density at radius 3 is 3.00 bits per heavy atom. The van der Waals surface area contributed by atoms with Gasteiger partial charge >= 0.3 is 0 Å². The molecular formula is C10H14ClNO. The van der Waals surface area contributed by atoms with Crippen molar-refractivity contribution in [3.05, 3.63) is 34.9 Å². The van der Waals surface area contributed by atoms with E-state index in [9.17, 15) is 0 Å². The standard InChI is InChI=1S/C10H13NO.ClH/c12-7-9-3-1-2-8-4-5-11-6-10(8)9;/h1-3,11-12H,4-7H2;1H. The van der Waals surface area contributed by atoms with Crippen LogP contribution in [0.5, 0.6) is 0 Å². The predicted molar refractivity (Wildman–Crippen MR) is 55.0 cm³/mol. The molecule has 2 rings (SSSR count). The molecule has 1 aromatic rings. The molecule has 2 nitrogen and oxygen atoms in total. The van der Waals surface area contributed by atoms with E-state index in [1.54, 1.807) is 0 Å². The highest BCUT2D eigenvalue weighted by Crippen LogP contribution is 2.17. The molecule has 0 atom stereocenters. The van der Waals surface area contributed by atoms with E-state index in [1.165, 1.54) is 11.1 Å². The maximum atomic E-state index is 9.07. The van der Waals surface area contributed by atoms with Crippen LogP contribution in [-0.2, 0) is 19.6 Å². The molecule has 0 amide bonds. The van der Waals surface area contributed by atoms with Gasteiger partial charge in [0, 0.05) is 6.54 Å². The lowest BCUT2D eigenvalue weighted by atomic mass is 9.96. The van der Waals surface area contributed by atoms with Crippen LogP contribution in [0.1, 0.15) is 16.7 Å². The molecule has 0 saturated carbocycles. The molecular weight excluding hydrogens is 186 g/mol. The van der Waals surface area contributed by atoms with Crippen LogP contribution in [0.4, 0.5) is 0 Å². The Labute approximate surface area is 84.4 Å². The number of fused-ring (bicyclic) bond motifs is 1. The second-order valence-electron chi connectivity index (χ2n) is 3.14. The fourth-order valence-electron chi connectivity index (χ4n) is 1.73. The van der Waals surface area contributed by atoms with Crippen molar-refractivity contribution in [2.75, 3.05) is 6.54 Å². The van der Waals surface area contributed by atoms with Gasteiger partial charge in [-0.3, -0.25) is 0 Å². The number of hydrogen-bond acceptors (Lipinski definition) is 2. The van der Waals surface area contributed by atoms with Crippen molar-refractivity contribution in [1.82, 2.24) is 5.32 Å². The summed E-state index contributed by atoms with van der Waals surface area (Å²) in [5, 5.41) is 12.4. The number of aliphatic hydroxyl groups is 1. The van der Waals surface area contributed by atoms with Gasteiger partial charge in [0.15, 0.2) is 0 Å². The highest BCUT2D eigenvalue weighted by molar-refractivity contribution is 5.85. The van der Waals surface area contributed by atoms with Crippen molar-refractivity contribution in [3.8, 4) is 0 Å². The Bertz CT molecular complexity index is 274. The number of benzene rings is 1. The van der Waals surface area contributed by atoms with E-state index < -0.39 is 0 Å². The first-order chi connectivity index (χ1) is 5.92. The number of nitrogens with one attached hydrogen (secondary N) is 1. The molecule has 0 saturated heterocycles. The van der Waals surface area contributed by atoms with Gasteiger partial charge in [0.1, 0.15) is 0 Å². The lowest BCUT2D eigenvalue weighted by Crippen LogP contribution is -2.24. The molecule has 1 aliphatic heterocycles. The molecule has 2 N–H and O–H groups in total. The first-order valence-electron chi connectivity index (χ1n) is 4.33. The average molecular weight is 200 g/mol. The molecule has 1 aliphatic rings. The van der Waals surface area contributed by atoms with Crippen LogP contribution in [-0.4, -0.2) is 11.7 Å². The third-order valence-corrected chi connectivity index (χ3v) is 2.41. The molecule has 1 heterocycles. The molecule has 0 radical (unpaired) electrons. The van der Waals surface area contributed by atoms with Crippen LogP contribution >= 0.6 is 12.4 Å². The molecule has 13 heavy (non-hydrogen) atoms. The number of hydrogen-bond donors (Lipinski definition) is 2. The van der Waals surface area contributed by atoms with Crippen molar-refractivity contribution >= 4 is 12.4 Å².